The lowest BCUT2D eigenvalue weighted by molar-refractivity contribution is 0.182. The van der Waals surface area contributed by atoms with Crippen LogP contribution in [-0.2, 0) is 0 Å². The molecule has 144 valence electrons. The van der Waals surface area contributed by atoms with Gasteiger partial charge in [-0.15, -0.1) is 0 Å². The molecule has 8 heteroatoms. The third-order valence-corrected chi connectivity index (χ3v) is 6.04. The molecular weight excluding hydrogens is 364 g/mol. The van der Waals surface area contributed by atoms with Gasteiger partial charge in [0.15, 0.2) is 11.5 Å². The number of thiazole rings is 1. The van der Waals surface area contributed by atoms with Crippen LogP contribution in [0.1, 0.15) is 42.7 Å². The van der Waals surface area contributed by atoms with Gasteiger partial charge in [-0.2, -0.15) is 9.61 Å². The van der Waals surface area contributed by atoms with Crippen molar-refractivity contribution in [2.45, 2.75) is 32.2 Å². The number of aromatic nitrogens is 3. The molecule has 0 spiro atoms. The number of fused-ring (bicyclic) bond motifs is 1. The van der Waals surface area contributed by atoms with Gasteiger partial charge < -0.3 is 14.6 Å². The molecule has 1 fully saturated rings. The molecule has 1 aliphatic rings. The number of nitrogens with zero attached hydrogens (tertiary/aromatic N) is 4. The van der Waals surface area contributed by atoms with Crippen molar-refractivity contribution in [1.29, 1.82) is 0 Å². The van der Waals surface area contributed by atoms with E-state index in [1.54, 1.807) is 7.11 Å². The summed E-state index contributed by atoms with van der Waals surface area (Å²) in [4.78, 5) is 8.18. The number of para-hydroxylation sites is 1. The average Bonchev–Trinajstić information content (AvgIpc) is 3.28. The normalized spacial score (nSPS) is 16.5. The third kappa shape index (κ3) is 3.23. The Hall–Kier alpha value is -2.32. The number of likely N-dealkylation sites (tertiary alicyclic amines) is 1. The predicted octanol–water partition coefficient (Wildman–Crippen LogP) is 3.48. The Morgan fingerprint density at radius 3 is 2.78 bits per heavy atom. The van der Waals surface area contributed by atoms with E-state index in [0.717, 1.165) is 42.1 Å². The summed E-state index contributed by atoms with van der Waals surface area (Å²) >= 11 is 1.47. The fraction of sp³-hybridized carbons (Fsp3) is 0.474. The van der Waals surface area contributed by atoms with Gasteiger partial charge in [0, 0.05) is 5.56 Å². The number of aromatic hydroxyl groups is 1. The number of rotatable bonds is 6. The topological polar surface area (TPSA) is 72.1 Å². The molecule has 0 aliphatic carbocycles. The summed E-state index contributed by atoms with van der Waals surface area (Å²) in [6, 6.07) is 5.81. The van der Waals surface area contributed by atoms with E-state index in [1.807, 2.05) is 19.1 Å². The zero-order valence-corrected chi connectivity index (χ0v) is 16.4. The average molecular weight is 388 g/mol. The number of methoxy groups -OCH3 is 1. The van der Waals surface area contributed by atoms with E-state index < -0.39 is 0 Å². The summed E-state index contributed by atoms with van der Waals surface area (Å²) in [5.41, 5.74) is 0.998. The molecule has 1 saturated heterocycles. The highest BCUT2D eigenvalue weighted by atomic mass is 32.1. The highest BCUT2D eigenvalue weighted by molar-refractivity contribution is 7.17. The molecule has 4 rings (SSSR count). The van der Waals surface area contributed by atoms with Crippen molar-refractivity contribution in [3.8, 4) is 17.4 Å². The van der Waals surface area contributed by atoms with E-state index in [9.17, 15) is 5.11 Å². The van der Waals surface area contributed by atoms with Crippen LogP contribution >= 0.6 is 11.3 Å². The summed E-state index contributed by atoms with van der Waals surface area (Å²) in [7, 11) is 1.65. The molecule has 1 aromatic carbocycles. The Labute approximate surface area is 162 Å². The van der Waals surface area contributed by atoms with Crippen LogP contribution in [0.4, 0.5) is 0 Å². The zero-order chi connectivity index (χ0) is 18.8. The fourth-order valence-electron chi connectivity index (χ4n) is 3.76. The molecule has 1 N–H and O–H groups in total. The number of ether oxygens (including phenoxy) is 2. The van der Waals surface area contributed by atoms with Crippen molar-refractivity contribution in [3.05, 3.63) is 35.0 Å². The molecule has 0 amide bonds. The summed E-state index contributed by atoms with van der Waals surface area (Å²) in [6.45, 7) is 4.45. The van der Waals surface area contributed by atoms with E-state index in [0.29, 0.717) is 17.3 Å². The van der Waals surface area contributed by atoms with Gasteiger partial charge in [0.05, 0.1) is 24.6 Å². The maximum absolute atomic E-state index is 10.9. The molecule has 3 heterocycles. The standard InChI is InChI=1S/C19H24N4O3S/c1-3-26-16-13(8-7-9-14(16)25-2)15(22-10-5-4-6-11-22)17-18(24)23-19(27-17)20-12-21-23/h7-9,12,15,24H,3-6,10-11H2,1-2H3. The first-order valence-corrected chi connectivity index (χ1v) is 10.1. The Balaban J connectivity index is 1.88. The van der Waals surface area contributed by atoms with Gasteiger partial charge in [-0.05, 0) is 38.9 Å². The highest BCUT2D eigenvalue weighted by Crippen LogP contribution is 2.45. The van der Waals surface area contributed by atoms with E-state index in [1.165, 1.54) is 28.6 Å². The molecule has 1 unspecified atom stereocenters. The van der Waals surface area contributed by atoms with Gasteiger partial charge >= 0.3 is 0 Å². The molecule has 0 radical (unpaired) electrons. The summed E-state index contributed by atoms with van der Waals surface area (Å²) in [5.74, 6) is 1.58. The first-order chi connectivity index (χ1) is 13.2. The van der Waals surface area contributed by atoms with Crippen molar-refractivity contribution in [1.82, 2.24) is 19.5 Å². The first kappa shape index (κ1) is 18.1. The van der Waals surface area contributed by atoms with Crippen LogP contribution in [0.15, 0.2) is 24.5 Å². The summed E-state index contributed by atoms with van der Waals surface area (Å²) in [6.07, 6.45) is 4.99. The quantitative estimate of drug-likeness (QED) is 0.697. The van der Waals surface area contributed by atoms with Crippen molar-refractivity contribution < 1.29 is 14.6 Å². The minimum absolute atomic E-state index is 0.129. The van der Waals surface area contributed by atoms with E-state index in [2.05, 4.69) is 21.0 Å². The smallest absolute Gasteiger partial charge is 0.230 e. The van der Waals surface area contributed by atoms with Crippen LogP contribution in [-0.4, -0.2) is 51.4 Å². The van der Waals surface area contributed by atoms with Gasteiger partial charge in [-0.3, -0.25) is 4.90 Å². The lowest BCUT2D eigenvalue weighted by Crippen LogP contribution is -2.34. The number of piperidine rings is 1. The molecule has 0 bridgehead atoms. The second-order valence-electron chi connectivity index (χ2n) is 6.56. The molecular formula is C19H24N4O3S. The number of hydrogen-bond acceptors (Lipinski definition) is 7. The van der Waals surface area contributed by atoms with Crippen LogP contribution in [0.3, 0.4) is 0 Å². The summed E-state index contributed by atoms with van der Waals surface area (Å²) in [5, 5.41) is 15.0. The monoisotopic (exact) mass is 388 g/mol. The highest BCUT2D eigenvalue weighted by Gasteiger charge is 2.33. The van der Waals surface area contributed by atoms with Crippen LogP contribution in [0.5, 0.6) is 17.4 Å². The Morgan fingerprint density at radius 2 is 2.07 bits per heavy atom. The molecule has 27 heavy (non-hydrogen) atoms. The Morgan fingerprint density at radius 1 is 1.26 bits per heavy atom. The molecule has 3 aromatic rings. The zero-order valence-electron chi connectivity index (χ0n) is 15.6. The van der Waals surface area contributed by atoms with E-state index in [-0.39, 0.29) is 11.9 Å². The van der Waals surface area contributed by atoms with Gasteiger partial charge in [0.1, 0.15) is 6.33 Å². The maximum Gasteiger partial charge on any atom is 0.230 e. The van der Waals surface area contributed by atoms with Gasteiger partial charge in [-0.1, -0.05) is 29.9 Å². The third-order valence-electron chi connectivity index (χ3n) is 4.96. The Bertz CT molecular complexity index is 917. The number of benzene rings is 1. The van der Waals surface area contributed by atoms with Gasteiger partial charge in [-0.25, -0.2) is 4.98 Å². The first-order valence-electron chi connectivity index (χ1n) is 9.29. The molecule has 7 nitrogen and oxygen atoms in total. The number of hydrogen-bond donors (Lipinski definition) is 1. The van der Waals surface area contributed by atoms with Crippen molar-refractivity contribution in [2.24, 2.45) is 0 Å². The lowest BCUT2D eigenvalue weighted by Gasteiger charge is -2.35. The largest absolute Gasteiger partial charge is 0.493 e. The SMILES string of the molecule is CCOc1c(OC)cccc1C(c1sc2ncnn2c1O)N1CCCCC1. The van der Waals surface area contributed by atoms with Crippen LogP contribution < -0.4 is 9.47 Å². The molecule has 1 atom stereocenters. The van der Waals surface area contributed by atoms with Crippen molar-refractivity contribution in [2.75, 3.05) is 26.8 Å². The van der Waals surface area contributed by atoms with E-state index in [4.69, 9.17) is 9.47 Å². The van der Waals surface area contributed by atoms with Crippen LogP contribution in [0.25, 0.3) is 4.96 Å². The molecule has 1 aliphatic heterocycles. The van der Waals surface area contributed by atoms with E-state index >= 15 is 0 Å². The summed E-state index contributed by atoms with van der Waals surface area (Å²) < 4.78 is 13.0. The Kier molecular flexibility index (Phi) is 5.18. The second-order valence-corrected chi connectivity index (χ2v) is 7.56. The van der Waals surface area contributed by atoms with Crippen molar-refractivity contribution >= 4 is 16.3 Å². The molecule has 0 saturated carbocycles. The second kappa shape index (κ2) is 7.74. The van der Waals surface area contributed by atoms with Crippen LogP contribution in [0, 0.1) is 0 Å². The van der Waals surface area contributed by atoms with Gasteiger partial charge in [0.2, 0.25) is 10.8 Å². The predicted molar refractivity (Wildman–Crippen MR) is 104 cm³/mol. The fourth-order valence-corrected chi connectivity index (χ4v) is 4.84. The molecule has 2 aromatic heterocycles. The maximum atomic E-state index is 10.9. The minimum Gasteiger partial charge on any atom is -0.493 e. The van der Waals surface area contributed by atoms with Crippen LogP contribution in [0.2, 0.25) is 0 Å². The van der Waals surface area contributed by atoms with Crippen molar-refractivity contribution in [3.63, 3.8) is 0 Å². The van der Waals surface area contributed by atoms with Gasteiger partial charge in [0.25, 0.3) is 0 Å². The lowest BCUT2D eigenvalue weighted by atomic mass is 9.99. The minimum atomic E-state index is -0.129.